The molecule has 0 unspecified atom stereocenters. The predicted molar refractivity (Wildman–Crippen MR) is 467 cm³/mol. The molecule has 0 radical (unpaired) electrons. The lowest BCUT2D eigenvalue weighted by molar-refractivity contribution is 1.15. The van der Waals surface area contributed by atoms with Gasteiger partial charge in [-0.2, -0.15) is 0 Å². The van der Waals surface area contributed by atoms with Crippen LogP contribution in [0.3, 0.4) is 0 Å². The van der Waals surface area contributed by atoms with Crippen LogP contribution in [0.15, 0.2) is 377 Å². The van der Waals surface area contributed by atoms with E-state index in [1.165, 1.54) is 5.56 Å². The highest BCUT2D eigenvalue weighted by atomic mass is 15.0. The Morgan fingerprint density at radius 2 is 0.492 bits per heavy atom. The minimum atomic E-state index is 0.580. The van der Waals surface area contributed by atoms with Crippen molar-refractivity contribution in [3.63, 3.8) is 0 Å². The van der Waals surface area contributed by atoms with E-state index >= 15 is 0 Å². The molecule has 18 heteroatoms. The van der Waals surface area contributed by atoms with E-state index in [9.17, 15) is 0 Å². The Labute approximate surface area is 675 Å². The molecule has 0 fully saturated rings. The van der Waals surface area contributed by atoms with Crippen molar-refractivity contribution < 1.29 is 0 Å². The van der Waals surface area contributed by atoms with Crippen LogP contribution in [-0.4, -0.2) is 89.7 Å². The van der Waals surface area contributed by atoms with E-state index in [0.717, 1.165) is 133 Å². The van der Waals surface area contributed by atoms with Gasteiger partial charge in [-0.3, -0.25) is 19.9 Å². The molecule has 0 spiro atoms. The Bertz CT molecular complexity index is 7010. The Morgan fingerprint density at radius 3 is 0.941 bits per heavy atom. The summed E-state index contributed by atoms with van der Waals surface area (Å²) in [4.78, 5) is 85.1. The van der Waals surface area contributed by atoms with Crippen LogP contribution in [0.25, 0.3) is 213 Å². The van der Waals surface area contributed by atoms with Crippen molar-refractivity contribution in [2.24, 2.45) is 0 Å². The molecule has 0 saturated heterocycles. The quantitative estimate of drug-likeness (QED) is 0.103. The predicted octanol–water partition coefficient (Wildman–Crippen LogP) is 22.2. The summed E-state index contributed by atoms with van der Waals surface area (Å²) < 4.78 is 0. The molecule has 118 heavy (non-hydrogen) atoms. The first-order valence-corrected chi connectivity index (χ1v) is 38.3. The second-order valence-electron chi connectivity index (χ2n) is 27.8. The lowest BCUT2D eigenvalue weighted by Gasteiger charge is -2.13. The van der Waals surface area contributed by atoms with Gasteiger partial charge in [-0.1, -0.05) is 176 Å². The normalized spacial score (nSPS) is 11.2. The molecular formula is C100H62N18. The fourth-order valence-corrected chi connectivity index (χ4v) is 14.4. The Morgan fingerprint density at radius 1 is 0.153 bits per heavy atom. The molecule has 0 aliphatic rings. The molecule has 22 rings (SSSR count). The molecule has 0 N–H and O–H groups in total. The number of hydrogen-bond donors (Lipinski definition) is 0. The molecule has 22 aromatic rings. The first-order chi connectivity index (χ1) is 58.4. The Kier molecular flexibility index (Phi) is 18.8. The average molecular weight is 1520 g/mol. The smallest absolute Gasteiger partial charge is 0.160 e. The van der Waals surface area contributed by atoms with E-state index < -0.39 is 0 Å². The zero-order valence-electron chi connectivity index (χ0n) is 62.8. The highest BCUT2D eigenvalue weighted by Gasteiger charge is 2.20. The number of aromatic nitrogens is 18. The standard InChI is InChI=1S/C37H23N5.C32H20N6.C31H19N7/c1-2-7-24(8-3-1)25-12-14-27(15-13-25)37-41-33(29-18-21-38-32-11-5-4-10-28(29)32)23-34(42-37)30-19-22-40-36-31(30)17-16-26-9-6-20-39-35(26)36;1-2-6-21(7-3-1)22-10-12-25(13-11-22)32-37-28(26-16-14-23-8-4-18-33-30(23)35-26)20-29(38-32)27-17-15-24-9-5-19-34-31(24)36-27;1-2-16-32-24(7-1)20-8-10-23(11-9-20)31-37-27(25-14-12-21-5-3-17-33-29(21)35-25)19-28(38-31)26-15-13-22-6-4-18-34-30(22)36-26/h1-23H;1-20H;1-19H. The third-order valence-corrected chi connectivity index (χ3v) is 20.4. The van der Waals surface area contributed by atoms with Gasteiger partial charge in [0.1, 0.15) is 0 Å². The lowest BCUT2D eigenvalue weighted by atomic mass is 10.00. The number of nitrogens with zero attached hydrogens (tertiary/aromatic N) is 18. The third kappa shape index (κ3) is 14.6. The molecule has 0 saturated carbocycles. The van der Waals surface area contributed by atoms with Crippen LogP contribution in [0.4, 0.5) is 0 Å². The summed E-state index contributed by atoms with van der Waals surface area (Å²) in [6, 6.07) is 109. The maximum atomic E-state index is 5.14. The molecule has 15 aromatic heterocycles. The fraction of sp³-hybridized carbons (Fsp3) is 0. The highest BCUT2D eigenvalue weighted by molar-refractivity contribution is 6.08. The second-order valence-corrected chi connectivity index (χ2v) is 27.8. The number of hydrogen-bond acceptors (Lipinski definition) is 18. The number of fused-ring (bicyclic) bond motifs is 8. The van der Waals surface area contributed by atoms with Crippen LogP contribution in [0.5, 0.6) is 0 Å². The molecule has 552 valence electrons. The van der Waals surface area contributed by atoms with Crippen LogP contribution in [-0.2, 0) is 0 Å². The molecule has 0 aliphatic heterocycles. The number of benzene rings is 7. The van der Waals surface area contributed by atoms with Crippen LogP contribution < -0.4 is 0 Å². The largest absolute Gasteiger partial charge is 0.256 e. The summed E-state index contributed by atoms with van der Waals surface area (Å²) in [5.74, 6) is 1.84. The second kappa shape index (κ2) is 31.5. The summed E-state index contributed by atoms with van der Waals surface area (Å²) in [6.45, 7) is 0. The Balaban J connectivity index is 0.000000114. The summed E-state index contributed by atoms with van der Waals surface area (Å²) >= 11 is 0. The molecule has 0 aliphatic carbocycles. The van der Waals surface area contributed by atoms with E-state index in [1.54, 1.807) is 31.0 Å². The van der Waals surface area contributed by atoms with Crippen molar-refractivity contribution in [3.8, 4) is 136 Å². The van der Waals surface area contributed by atoms with Crippen LogP contribution in [0, 0.1) is 0 Å². The molecule has 0 bridgehead atoms. The zero-order chi connectivity index (χ0) is 78.5. The maximum Gasteiger partial charge on any atom is 0.160 e. The minimum Gasteiger partial charge on any atom is -0.256 e. The number of para-hydroxylation sites is 1. The summed E-state index contributed by atoms with van der Waals surface area (Å²) in [5, 5.41) is 6.99. The van der Waals surface area contributed by atoms with Gasteiger partial charge in [-0.05, 0) is 174 Å². The van der Waals surface area contributed by atoms with Crippen molar-refractivity contribution in [1.29, 1.82) is 0 Å². The maximum absolute atomic E-state index is 5.14. The van der Waals surface area contributed by atoms with Gasteiger partial charge >= 0.3 is 0 Å². The Hall–Kier alpha value is -16.6. The zero-order valence-corrected chi connectivity index (χ0v) is 62.8. The molecular weight excluding hydrogens is 1450 g/mol. The van der Waals surface area contributed by atoms with E-state index in [2.05, 4.69) is 150 Å². The van der Waals surface area contributed by atoms with E-state index in [4.69, 9.17) is 54.8 Å². The number of pyridine rings is 12. The van der Waals surface area contributed by atoms with Gasteiger partial charge in [0, 0.05) is 121 Å². The van der Waals surface area contributed by atoms with Gasteiger partial charge in [-0.25, -0.2) is 69.8 Å². The number of rotatable bonds is 12. The van der Waals surface area contributed by atoms with Gasteiger partial charge in [0.15, 0.2) is 40.1 Å². The van der Waals surface area contributed by atoms with Gasteiger partial charge in [0.25, 0.3) is 0 Å². The van der Waals surface area contributed by atoms with E-state index in [-0.39, 0.29) is 0 Å². The molecule has 15 heterocycles. The van der Waals surface area contributed by atoms with Crippen molar-refractivity contribution in [2.45, 2.75) is 0 Å². The summed E-state index contributed by atoms with van der Waals surface area (Å²) in [5.41, 5.74) is 23.9. The van der Waals surface area contributed by atoms with Gasteiger partial charge in [0.05, 0.1) is 79.2 Å². The van der Waals surface area contributed by atoms with Gasteiger partial charge < -0.3 is 0 Å². The molecule has 0 amide bonds. The molecule has 18 nitrogen and oxygen atoms in total. The summed E-state index contributed by atoms with van der Waals surface area (Å²) in [7, 11) is 0. The van der Waals surface area contributed by atoms with Crippen molar-refractivity contribution in [1.82, 2.24) is 89.7 Å². The van der Waals surface area contributed by atoms with E-state index in [1.807, 2.05) is 231 Å². The van der Waals surface area contributed by atoms with Crippen molar-refractivity contribution >= 4 is 76.8 Å². The SMILES string of the molecule is c1ccc(-c2ccc(-c3nc(-c4ccc5cccnc5n4)cc(-c4ccc5cccnc5n4)n3)cc2)cc1.c1ccc(-c2ccc(-c3nc(-c4ccc5cccnc5n4)cc(-c4ccc5cccnc5n4)n3)cc2)nc1.c1ccc(-c2ccc(-c3nc(-c4ccnc5ccccc45)cc(-c4ccnc5c4ccc4cccnc45)n3)cc2)cc1. The summed E-state index contributed by atoms with van der Waals surface area (Å²) in [6.07, 6.45) is 14.3. The monoisotopic (exact) mass is 1510 g/mol. The lowest BCUT2D eigenvalue weighted by Crippen LogP contribution is -1.99. The fourth-order valence-electron chi connectivity index (χ4n) is 14.4. The topological polar surface area (TPSA) is 232 Å². The van der Waals surface area contributed by atoms with E-state index in [0.29, 0.717) is 74.2 Å². The van der Waals surface area contributed by atoms with Crippen LogP contribution >= 0.6 is 0 Å². The first kappa shape index (κ1) is 70.5. The first-order valence-electron chi connectivity index (χ1n) is 38.3. The van der Waals surface area contributed by atoms with Crippen molar-refractivity contribution in [3.05, 3.63) is 377 Å². The average Bonchev–Trinajstić information content (AvgIpc) is 0.761. The van der Waals surface area contributed by atoms with Crippen LogP contribution in [0.1, 0.15) is 0 Å². The van der Waals surface area contributed by atoms with Gasteiger partial charge in [0.2, 0.25) is 0 Å². The highest BCUT2D eigenvalue weighted by Crippen LogP contribution is 2.38. The third-order valence-electron chi connectivity index (χ3n) is 20.4. The van der Waals surface area contributed by atoms with Crippen LogP contribution in [0.2, 0.25) is 0 Å². The molecule has 7 aromatic carbocycles. The van der Waals surface area contributed by atoms with Gasteiger partial charge in [-0.15, -0.1) is 0 Å². The van der Waals surface area contributed by atoms with Crippen molar-refractivity contribution in [2.75, 3.05) is 0 Å². The molecule has 0 atom stereocenters. The minimum absolute atomic E-state index is 0.580.